The molecule has 1 aromatic heterocycles. The van der Waals surface area contributed by atoms with Gasteiger partial charge in [0.05, 0.1) is 11.1 Å². The second-order valence-corrected chi connectivity index (χ2v) is 7.27. The summed E-state index contributed by atoms with van der Waals surface area (Å²) in [4.78, 5) is 53.3. The molecule has 0 unspecified atom stereocenters. The van der Waals surface area contributed by atoms with E-state index in [-0.39, 0.29) is 11.1 Å². The van der Waals surface area contributed by atoms with Crippen LogP contribution in [-0.2, 0) is 20.7 Å². The van der Waals surface area contributed by atoms with Gasteiger partial charge in [0.15, 0.2) is 6.61 Å². The maximum absolute atomic E-state index is 12.5. The molecule has 8 nitrogen and oxygen atoms in total. The van der Waals surface area contributed by atoms with Crippen LogP contribution in [0.1, 0.15) is 33.2 Å². The Bertz CT molecular complexity index is 1150. The highest BCUT2D eigenvalue weighted by atomic mass is 16.5. The Morgan fingerprint density at radius 1 is 1.03 bits per heavy atom. The van der Waals surface area contributed by atoms with Crippen LogP contribution in [-0.4, -0.2) is 52.8 Å². The van der Waals surface area contributed by atoms with Gasteiger partial charge in [0.2, 0.25) is 0 Å². The molecule has 2 heterocycles. The molecule has 0 fully saturated rings. The normalized spacial score (nSPS) is 13.9. The fourth-order valence-electron chi connectivity index (χ4n) is 3.65. The smallest absolute Gasteiger partial charge is 0.329 e. The Morgan fingerprint density at radius 2 is 1.68 bits per heavy atom. The minimum Gasteiger partial charge on any atom is -0.454 e. The summed E-state index contributed by atoms with van der Waals surface area (Å²) in [6.45, 7) is 1.30. The standard InChI is InChI=1S/C23H21N3O5/c1-14(26-21(28)17-7-2-3-8-18(17)22(26)29)23(30)31-13-20(27)24-11-10-15-12-25-19-9-5-4-6-16(15)19/h2-9,12,14,25H,10-11,13H2,1H3,(H,24,27)/t14-/m1/s1. The van der Waals surface area contributed by atoms with E-state index in [1.54, 1.807) is 12.1 Å². The number of hydrogen-bond donors (Lipinski definition) is 2. The number of amides is 3. The molecule has 3 amide bonds. The number of nitrogens with one attached hydrogen (secondary N) is 2. The summed E-state index contributed by atoms with van der Waals surface area (Å²) in [5.74, 6) is -2.37. The average Bonchev–Trinajstić information content (AvgIpc) is 3.31. The van der Waals surface area contributed by atoms with E-state index in [0.29, 0.717) is 13.0 Å². The summed E-state index contributed by atoms with van der Waals surface area (Å²) in [5.41, 5.74) is 2.61. The number of rotatable bonds is 7. The zero-order valence-corrected chi connectivity index (χ0v) is 16.9. The lowest BCUT2D eigenvalue weighted by Gasteiger charge is -2.20. The first-order valence-electron chi connectivity index (χ1n) is 9.92. The molecule has 0 bridgehead atoms. The fourth-order valence-corrected chi connectivity index (χ4v) is 3.65. The number of carbonyl (C=O) groups is 4. The molecule has 0 spiro atoms. The highest BCUT2D eigenvalue weighted by Gasteiger charge is 2.41. The minimum atomic E-state index is -1.13. The van der Waals surface area contributed by atoms with Gasteiger partial charge in [-0.1, -0.05) is 30.3 Å². The van der Waals surface area contributed by atoms with Crippen molar-refractivity contribution in [2.75, 3.05) is 13.2 Å². The predicted octanol–water partition coefficient (Wildman–Crippen LogP) is 2.05. The topological polar surface area (TPSA) is 109 Å². The first-order chi connectivity index (χ1) is 15.0. The number of fused-ring (bicyclic) bond motifs is 2. The summed E-state index contributed by atoms with van der Waals surface area (Å²) >= 11 is 0. The summed E-state index contributed by atoms with van der Waals surface area (Å²) in [7, 11) is 0. The Morgan fingerprint density at radius 3 is 2.39 bits per heavy atom. The maximum Gasteiger partial charge on any atom is 0.329 e. The minimum absolute atomic E-state index is 0.252. The van der Waals surface area contributed by atoms with Gasteiger partial charge in [0.25, 0.3) is 17.7 Å². The maximum atomic E-state index is 12.5. The van der Waals surface area contributed by atoms with Crippen LogP contribution in [0.15, 0.2) is 54.7 Å². The number of imide groups is 1. The van der Waals surface area contributed by atoms with Crippen molar-refractivity contribution >= 4 is 34.6 Å². The Balaban J connectivity index is 1.26. The van der Waals surface area contributed by atoms with Crippen molar-refractivity contribution in [2.24, 2.45) is 0 Å². The number of hydrogen-bond acceptors (Lipinski definition) is 5. The number of nitrogens with zero attached hydrogens (tertiary/aromatic N) is 1. The van der Waals surface area contributed by atoms with Crippen molar-refractivity contribution in [1.29, 1.82) is 0 Å². The zero-order valence-electron chi connectivity index (χ0n) is 16.9. The lowest BCUT2D eigenvalue weighted by Crippen LogP contribution is -2.44. The lowest BCUT2D eigenvalue weighted by atomic mass is 10.1. The number of H-pyrrole nitrogens is 1. The van der Waals surface area contributed by atoms with E-state index in [9.17, 15) is 19.2 Å². The largest absolute Gasteiger partial charge is 0.454 e. The van der Waals surface area contributed by atoms with Gasteiger partial charge < -0.3 is 15.0 Å². The number of ether oxygens (including phenoxy) is 1. The van der Waals surface area contributed by atoms with E-state index in [4.69, 9.17) is 4.74 Å². The van der Waals surface area contributed by atoms with Gasteiger partial charge in [-0.3, -0.25) is 19.3 Å². The Hall–Kier alpha value is -3.94. The van der Waals surface area contributed by atoms with Crippen LogP contribution in [0.2, 0.25) is 0 Å². The van der Waals surface area contributed by atoms with Crippen molar-refractivity contribution in [3.05, 3.63) is 71.4 Å². The average molecular weight is 419 g/mol. The molecule has 4 rings (SSSR count). The van der Waals surface area contributed by atoms with E-state index in [1.165, 1.54) is 19.1 Å². The zero-order chi connectivity index (χ0) is 22.0. The molecule has 3 aromatic rings. The van der Waals surface area contributed by atoms with E-state index in [1.807, 2.05) is 30.5 Å². The molecule has 31 heavy (non-hydrogen) atoms. The molecule has 1 aliphatic rings. The van der Waals surface area contributed by atoms with Crippen LogP contribution >= 0.6 is 0 Å². The molecule has 0 saturated carbocycles. The molecule has 0 saturated heterocycles. The Labute approximate surface area is 178 Å². The summed E-state index contributed by atoms with van der Waals surface area (Å²) in [6.07, 6.45) is 2.52. The second kappa shape index (κ2) is 8.43. The van der Waals surface area contributed by atoms with E-state index >= 15 is 0 Å². The molecule has 0 radical (unpaired) electrons. The van der Waals surface area contributed by atoms with Crippen LogP contribution < -0.4 is 5.32 Å². The van der Waals surface area contributed by atoms with Crippen LogP contribution in [0.4, 0.5) is 0 Å². The van der Waals surface area contributed by atoms with Gasteiger partial charge in [0, 0.05) is 23.6 Å². The van der Waals surface area contributed by atoms with E-state index < -0.39 is 36.3 Å². The monoisotopic (exact) mass is 419 g/mol. The predicted molar refractivity (Wildman–Crippen MR) is 112 cm³/mol. The van der Waals surface area contributed by atoms with Crippen molar-refractivity contribution < 1.29 is 23.9 Å². The molecular weight excluding hydrogens is 398 g/mol. The van der Waals surface area contributed by atoms with Gasteiger partial charge in [-0.05, 0) is 37.1 Å². The molecule has 2 N–H and O–H groups in total. The van der Waals surface area contributed by atoms with Gasteiger partial charge >= 0.3 is 5.97 Å². The second-order valence-electron chi connectivity index (χ2n) is 7.27. The van der Waals surface area contributed by atoms with Gasteiger partial charge in [-0.15, -0.1) is 0 Å². The molecule has 8 heteroatoms. The van der Waals surface area contributed by atoms with Crippen molar-refractivity contribution in [3.63, 3.8) is 0 Å². The molecule has 2 aromatic carbocycles. The third-order valence-electron chi connectivity index (χ3n) is 5.29. The fraction of sp³-hybridized carbons (Fsp3) is 0.217. The van der Waals surface area contributed by atoms with Crippen molar-refractivity contribution in [2.45, 2.75) is 19.4 Å². The third-order valence-corrected chi connectivity index (χ3v) is 5.29. The summed E-state index contributed by atoms with van der Waals surface area (Å²) in [6, 6.07) is 13.1. The summed E-state index contributed by atoms with van der Waals surface area (Å²) in [5, 5.41) is 3.80. The van der Waals surface area contributed by atoms with Crippen LogP contribution in [0.5, 0.6) is 0 Å². The quantitative estimate of drug-likeness (QED) is 0.450. The van der Waals surface area contributed by atoms with E-state index in [2.05, 4.69) is 10.3 Å². The van der Waals surface area contributed by atoms with Crippen LogP contribution in [0.25, 0.3) is 10.9 Å². The molecule has 158 valence electrons. The first-order valence-corrected chi connectivity index (χ1v) is 9.92. The van der Waals surface area contributed by atoms with E-state index in [0.717, 1.165) is 21.4 Å². The van der Waals surface area contributed by atoms with Gasteiger partial charge in [-0.2, -0.15) is 0 Å². The lowest BCUT2D eigenvalue weighted by molar-refractivity contribution is -0.151. The highest BCUT2D eigenvalue weighted by molar-refractivity contribution is 6.22. The van der Waals surface area contributed by atoms with Gasteiger partial charge in [0.1, 0.15) is 6.04 Å². The highest BCUT2D eigenvalue weighted by Crippen LogP contribution is 2.24. The van der Waals surface area contributed by atoms with Crippen LogP contribution in [0.3, 0.4) is 0 Å². The third kappa shape index (κ3) is 3.92. The number of aromatic amines is 1. The number of carbonyl (C=O) groups excluding carboxylic acids is 4. The number of benzene rings is 2. The van der Waals surface area contributed by atoms with Gasteiger partial charge in [-0.25, -0.2) is 4.79 Å². The Kier molecular flexibility index (Phi) is 5.53. The SMILES string of the molecule is C[C@H](C(=O)OCC(=O)NCCc1c[nH]c2ccccc12)N1C(=O)c2ccccc2C1=O. The summed E-state index contributed by atoms with van der Waals surface area (Å²) < 4.78 is 5.03. The molecular formula is C23H21N3O5. The number of esters is 1. The molecule has 1 atom stereocenters. The van der Waals surface area contributed by atoms with Crippen LogP contribution in [0, 0.1) is 0 Å². The van der Waals surface area contributed by atoms with Crippen molar-refractivity contribution in [1.82, 2.24) is 15.2 Å². The first kappa shape index (κ1) is 20.3. The van der Waals surface area contributed by atoms with Crippen molar-refractivity contribution in [3.8, 4) is 0 Å². The molecule has 0 aliphatic carbocycles. The number of aromatic nitrogens is 1. The number of para-hydroxylation sites is 1. The molecule has 1 aliphatic heterocycles.